The second kappa shape index (κ2) is 6.37. The fraction of sp³-hybridized carbons (Fsp3) is 0.632. The Kier molecular flexibility index (Phi) is 4.22. The highest BCUT2D eigenvalue weighted by molar-refractivity contribution is 5.84. The molecule has 1 amide bonds. The van der Waals surface area contributed by atoms with E-state index in [1.54, 1.807) is 0 Å². The molecule has 2 N–H and O–H groups in total. The summed E-state index contributed by atoms with van der Waals surface area (Å²) in [5, 5.41) is 6.50. The van der Waals surface area contributed by atoms with E-state index in [0.29, 0.717) is 23.5 Å². The summed E-state index contributed by atoms with van der Waals surface area (Å²) in [5.41, 5.74) is 2.39. The number of amides is 1. The minimum Gasteiger partial charge on any atom is -0.453 e. The van der Waals surface area contributed by atoms with E-state index in [9.17, 15) is 4.79 Å². The van der Waals surface area contributed by atoms with Gasteiger partial charge >= 0.3 is 6.09 Å². The normalized spacial score (nSPS) is 30.0. The summed E-state index contributed by atoms with van der Waals surface area (Å²) in [7, 11) is 1.37. The molecular weight excluding hydrogens is 304 g/mol. The van der Waals surface area contributed by atoms with Crippen LogP contribution in [0.3, 0.4) is 0 Å². The van der Waals surface area contributed by atoms with Crippen LogP contribution in [0.2, 0.25) is 0 Å². The monoisotopic (exact) mass is 330 g/mol. The quantitative estimate of drug-likeness (QED) is 0.889. The number of nitrogens with one attached hydrogen (secondary N) is 2. The molecule has 5 heteroatoms. The van der Waals surface area contributed by atoms with Crippen molar-refractivity contribution in [2.45, 2.75) is 50.8 Å². The van der Waals surface area contributed by atoms with E-state index in [2.05, 4.69) is 27.5 Å². The van der Waals surface area contributed by atoms with Crippen LogP contribution in [0.4, 0.5) is 10.5 Å². The Morgan fingerprint density at radius 1 is 1.29 bits per heavy atom. The fourth-order valence-electron chi connectivity index (χ4n) is 5.11. The van der Waals surface area contributed by atoms with Gasteiger partial charge in [0, 0.05) is 36.2 Å². The molecule has 2 saturated carbocycles. The summed E-state index contributed by atoms with van der Waals surface area (Å²) in [6.07, 6.45) is 6.58. The summed E-state index contributed by atoms with van der Waals surface area (Å²) < 4.78 is 10.6. The summed E-state index contributed by atoms with van der Waals surface area (Å²) in [4.78, 5) is 11.2. The SMILES string of the molecule is COC(=O)Nc1ccc(CNC2C3CCOC3C23CCCC3)cc1. The van der Waals surface area contributed by atoms with Crippen LogP contribution in [0.15, 0.2) is 24.3 Å². The van der Waals surface area contributed by atoms with Gasteiger partial charge in [-0.25, -0.2) is 4.79 Å². The molecule has 1 aromatic carbocycles. The predicted molar refractivity (Wildman–Crippen MR) is 91.8 cm³/mol. The van der Waals surface area contributed by atoms with Gasteiger partial charge in [-0.3, -0.25) is 5.32 Å². The number of carbonyl (C=O) groups is 1. The molecule has 1 aliphatic heterocycles. The van der Waals surface area contributed by atoms with Gasteiger partial charge < -0.3 is 14.8 Å². The van der Waals surface area contributed by atoms with Crippen molar-refractivity contribution in [3.05, 3.63) is 29.8 Å². The molecule has 3 aliphatic rings. The summed E-state index contributed by atoms with van der Waals surface area (Å²) in [6.45, 7) is 1.80. The molecule has 1 aromatic rings. The van der Waals surface area contributed by atoms with Gasteiger partial charge in [-0.15, -0.1) is 0 Å². The number of hydrogen-bond acceptors (Lipinski definition) is 4. The smallest absolute Gasteiger partial charge is 0.411 e. The van der Waals surface area contributed by atoms with Gasteiger partial charge in [-0.1, -0.05) is 25.0 Å². The van der Waals surface area contributed by atoms with E-state index >= 15 is 0 Å². The van der Waals surface area contributed by atoms with Crippen LogP contribution in [0.1, 0.15) is 37.7 Å². The number of hydrogen-bond donors (Lipinski definition) is 2. The summed E-state index contributed by atoms with van der Waals surface area (Å²) in [5.74, 6) is 0.698. The largest absolute Gasteiger partial charge is 0.453 e. The fourth-order valence-corrected chi connectivity index (χ4v) is 5.11. The Bertz CT molecular complexity index is 595. The van der Waals surface area contributed by atoms with E-state index in [-0.39, 0.29) is 0 Å². The van der Waals surface area contributed by atoms with Crippen molar-refractivity contribution in [3.63, 3.8) is 0 Å². The average Bonchev–Trinajstić information content (AvgIpc) is 3.25. The minimum absolute atomic E-state index is 0.396. The first kappa shape index (κ1) is 15.9. The zero-order chi connectivity index (χ0) is 16.6. The van der Waals surface area contributed by atoms with Gasteiger partial charge in [0.05, 0.1) is 13.2 Å². The highest BCUT2D eigenvalue weighted by Crippen LogP contribution is 2.60. The third-order valence-corrected chi connectivity index (χ3v) is 6.20. The van der Waals surface area contributed by atoms with E-state index in [1.165, 1.54) is 44.8 Å². The van der Waals surface area contributed by atoms with Crippen molar-refractivity contribution < 1.29 is 14.3 Å². The zero-order valence-electron chi connectivity index (χ0n) is 14.2. The number of ether oxygens (including phenoxy) is 2. The molecule has 3 atom stereocenters. The first-order valence-electron chi connectivity index (χ1n) is 9.02. The lowest BCUT2D eigenvalue weighted by Crippen LogP contribution is -2.67. The number of anilines is 1. The van der Waals surface area contributed by atoms with Gasteiger partial charge in [0.1, 0.15) is 0 Å². The van der Waals surface area contributed by atoms with Gasteiger partial charge in [0.2, 0.25) is 0 Å². The Balaban J connectivity index is 1.37. The third kappa shape index (κ3) is 2.60. The zero-order valence-corrected chi connectivity index (χ0v) is 14.2. The number of benzene rings is 1. The Labute approximate surface area is 143 Å². The van der Waals surface area contributed by atoms with Gasteiger partial charge in [0.15, 0.2) is 0 Å². The Morgan fingerprint density at radius 3 is 2.75 bits per heavy atom. The number of carbonyl (C=O) groups excluding carboxylic acids is 1. The van der Waals surface area contributed by atoms with Crippen molar-refractivity contribution in [3.8, 4) is 0 Å². The van der Waals surface area contributed by atoms with Crippen LogP contribution in [0, 0.1) is 11.3 Å². The first-order valence-corrected chi connectivity index (χ1v) is 9.02. The predicted octanol–water partition coefficient (Wildman–Crippen LogP) is 3.30. The molecule has 1 spiro atoms. The van der Waals surface area contributed by atoms with E-state index in [4.69, 9.17) is 4.74 Å². The first-order chi connectivity index (χ1) is 11.7. The van der Waals surface area contributed by atoms with Crippen LogP contribution in [0.5, 0.6) is 0 Å². The standard InChI is InChI=1S/C19H26N2O3/c1-23-18(22)21-14-6-4-13(5-7-14)12-20-16-15-8-11-24-17(15)19(16)9-2-3-10-19/h4-7,15-17,20H,2-3,8-12H2,1H3,(H,21,22). The molecule has 1 heterocycles. The summed E-state index contributed by atoms with van der Waals surface area (Å²) >= 11 is 0. The number of fused-ring (bicyclic) bond motifs is 2. The number of methoxy groups -OCH3 is 1. The van der Waals surface area contributed by atoms with Crippen molar-refractivity contribution in [1.82, 2.24) is 5.32 Å². The van der Waals surface area contributed by atoms with Crippen LogP contribution < -0.4 is 10.6 Å². The topological polar surface area (TPSA) is 59.6 Å². The molecule has 2 aliphatic carbocycles. The molecule has 0 bridgehead atoms. The highest BCUT2D eigenvalue weighted by atomic mass is 16.5. The Hall–Kier alpha value is -1.59. The third-order valence-electron chi connectivity index (χ3n) is 6.20. The lowest BCUT2D eigenvalue weighted by Gasteiger charge is -2.57. The van der Waals surface area contributed by atoms with Crippen molar-refractivity contribution in [2.75, 3.05) is 19.0 Å². The second-order valence-electron chi connectivity index (χ2n) is 7.36. The van der Waals surface area contributed by atoms with E-state index in [0.717, 1.165) is 18.8 Å². The van der Waals surface area contributed by atoms with Crippen LogP contribution in [0.25, 0.3) is 0 Å². The van der Waals surface area contributed by atoms with Crippen molar-refractivity contribution >= 4 is 11.8 Å². The molecular formula is C19H26N2O3. The van der Waals surface area contributed by atoms with Crippen LogP contribution in [-0.2, 0) is 16.0 Å². The molecule has 1 saturated heterocycles. The van der Waals surface area contributed by atoms with E-state index < -0.39 is 6.09 Å². The molecule has 0 radical (unpaired) electrons. The van der Waals surface area contributed by atoms with E-state index in [1.807, 2.05) is 12.1 Å². The lowest BCUT2D eigenvalue weighted by molar-refractivity contribution is -0.130. The minimum atomic E-state index is -0.439. The Morgan fingerprint density at radius 2 is 2.04 bits per heavy atom. The van der Waals surface area contributed by atoms with Gasteiger partial charge in [-0.2, -0.15) is 0 Å². The maximum absolute atomic E-state index is 11.2. The average molecular weight is 330 g/mol. The van der Waals surface area contributed by atoms with Crippen LogP contribution >= 0.6 is 0 Å². The molecule has 3 fully saturated rings. The molecule has 0 aromatic heterocycles. The van der Waals surface area contributed by atoms with Gasteiger partial charge in [-0.05, 0) is 37.0 Å². The second-order valence-corrected chi connectivity index (χ2v) is 7.36. The molecule has 4 rings (SSSR count). The van der Waals surface area contributed by atoms with Crippen LogP contribution in [-0.4, -0.2) is 32.0 Å². The lowest BCUT2D eigenvalue weighted by atomic mass is 9.54. The van der Waals surface area contributed by atoms with Gasteiger partial charge in [0.25, 0.3) is 0 Å². The molecule has 24 heavy (non-hydrogen) atoms. The highest BCUT2D eigenvalue weighted by Gasteiger charge is 2.64. The van der Waals surface area contributed by atoms with Crippen molar-refractivity contribution in [2.24, 2.45) is 11.3 Å². The molecule has 5 nitrogen and oxygen atoms in total. The van der Waals surface area contributed by atoms with Crippen molar-refractivity contribution in [1.29, 1.82) is 0 Å². The maximum Gasteiger partial charge on any atom is 0.411 e. The maximum atomic E-state index is 11.2. The molecule has 130 valence electrons. The number of rotatable bonds is 4. The summed E-state index contributed by atoms with van der Waals surface area (Å²) in [6, 6.07) is 8.55. The molecule has 3 unspecified atom stereocenters.